The Labute approximate surface area is 132 Å². The first-order chi connectivity index (χ1) is 10.6. The zero-order valence-electron chi connectivity index (χ0n) is 13.8. The van der Waals surface area contributed by atoms with Gasteiger partial charge in [0.25, 0.3) is 0 Å². The molecule has 1 atom stereocenters. The first-order valence-corrected chi connectivity index (χ1v) is 7.89. The van der Waals surface area contributed by atoms with Crippen LogP contribution in [-0.4, -0.2) is 47.6 Å². The van der Waals surface area contributed by atoms with Gasteiger partial charge in [0.15, 0.2) is 0 Å². The molecule has 3 heterocycles. The van der Waals surface area contributed by atoms with Crippen molar-refractivity contribution in [2.24, 2.45) is 0 Å². The smallest absolute Gasteiger partial charge is 0.124 e. The predicted molar refractivity (Wildman–Crippen MR) is 89.5 cm³/mol. The standard InChI is InChI=1S/C17H25N5/c1-12-11-22(10-9-19-12)17-14(3)13(2)16(21(4)20-17)15-5-7-18-8-6-15/h5-8,12,19-20H,9-11H2,1-4H3/t12-/m1/s1. The maximum Gasteiger partial charge on any atom is 0.124 e. The Bertz CT molecular complexity index is 605. The zero-order chi connectivity index (χ0) is 15.7. The number of piperazine rings is 1. The molecule has 118 valence electrons. The van der Waals surface area contributed by atoms with Crippen molar-refractivity contribution in [2.45, 2.75) is 26.8 Å². The van der Waals surface area contributed by atoms with Crippen LogP contribution in [0.1, 0.15) is 26.3 Å². The summed E-state index contributed by atoms with van der Waals surface area (Å²) in [5.41, 5.74) is 8.60. The highest BCUT2D eigenvalue weighted by atomic mass is 15.6. The minimum absolute atomic E-state index is 0.520. The third-order valence-corrected chi connectivity index (χ3v) is 4.52. The summed E-state index contributed by atoms with van der Waals surface area (Å²) in [5, 5.41) is 5.62. The van der Waals surface area contributed by atoms with Gasteiger partial charge < -0.3 is 10.2 Å². The van der Waals surface area contributed by atoms with E-state index in [1.165, 1.54) is 28.2 Å². The minimum Gasteiger partial charge on any atom is -0.354 e. The Morgan fingerprint density at radius 2 is 1.91 bits per heavy atom. The fourth-order valence-corrected chi connectivity index (χ4v) is 3.27. The van der Waals surface area contributed by atoms with Gasteiger partial charge in [0, 0.05) is 50.7 Å². The Morgan fingerprint density at radius 3 is 2.59 bits per heavy atom. The van der Waals surface area contributed by atoms with Gasteiger partial charge in [-0.15, -0.1) is 0 Å². The van der Waals surface area contributed by atoms with Gasteiger partial charge in [0.2, 0.25) is 0 Å². The highest BCUT2D eigenvalue weighted by Crippen LogP contribution is 2.31. The highest BCUT2D eigenvalue weighted by molar-refractivity contribution is 5.71. The van der Waals surface area contributed by atoms with Crippen molar-refractivity contribution in [1.82, 2.24) is 25.6 Å². The second-order valence-corrected chi connectivity index (χ2v) is 6.16. The molecule has 0 aromatic carbocycles. The van der Waals surface area contributed by atoms with Crippen molar-refractivity contribution in [1.29, 1.82) is 0 Å². The number of nitrogens with zero attached hydrogens (tertiary/aromatic N) is 3. The quantitative estimate of drug-likeness (QED) is 0.871. The van der Waals surface area contributed by atoms with Crippen molar-refractivity contribution in [3.05, 3.63) is 47.1 Å². The molecular formula is C17H25N5. The Morgan fingerprint density at radius 1 is 1.18 bits per heavy atom. The van der Waals surface area contributed by atoms with Gasteiger partial charge in [-0.25, -0.2) is 0 Å². The van der Waals surface area contributed by atoms with Gasteiger partial charge in [-0.05, 0) is 44.1 Å². The number of nitrogens with one attached hydrogen (secondary N) is 2. The highest BCUT2D eigenvalue weighted by Gasteiger charge is 2.26. The first-order valence-electron chi connectivity index (χ1n) is 7.89. The molecule has 1 aromatic rings. The summed E-state index contributed by atoms with van der Waals surface area (Å²) in [7, 11) is 2.08. The zero-order valence-corrected chi connectivity index (χ0v) is 13.8. The van der Waals surface area contributed by atoms with Gasteiger partial charge >= 0.3 is 0 Å². The molecule has 0 unspecified atom stereocenters. The van der Waals surface area contributed by atoms with Crippen LogP contribution in [0.15, 0.2) is 41.5 Å². The van der Waals surface area contributed by atoms with Crippen molar-refractivity contribution < 1.29 is 0 Å². The molecule has 5 nitrogen and oxygen atoms in total. The van der Waals surface area contributed by atoms with Gasteiger partial charge in [-0.1, -0.05) is 0 Å². The van der Waals surface area contributed by atoms with Crippen molar-refractivity contribution >= 4 is 5.70 Å². The number of hydrazine groups is 1. The van der Waals surface area contributed by atoms with E-state index in [0.29, 0.717) is 6.04 Å². The number of pyridine rings is 1. The van der Waals surface area contributed by atoms with Crippen LogP contribution in [-0.2, 0) is 0 Å². The SMILES string of the molecule is CC1=C(N2CCN[C@H](C)C2)NN(C)C(c2ccncc2)=C1C. The lowest BCUT2D eigenvalue weighted by Gasteiger charge is -2.42. The summed E-state index contributed by atoms with van der Waals surface area (Å²) in [5.74, 6) is 1.23. The van der Waals surface area contributed by atoms with Crippen molar-refractivity contribution in [3.63, 3.8) is 0 Å². The van der Waals surface area contributed by atoms with Crippen molar-refractivity contribution in [2.75, 3.05) is 26.7 Å². The largest absolute Gasteiger partial charge is 0.354 e. The molecule has 1 fully saturated rings. The lowest BCUT2D eigenvalue weighted by Crippen LogP contribution is -2.53. The summed E-state index contributed by atoms with van der Waals surface area (Å²) in [6.07, 6.45) is 3.69. The third kappa shape index (κ3) is 2.68. The molecule has 5 heteroatoms. The van der Waals surface area contributed by atoms with Crippen LogP contribution in [0.4, 0.5) is 0 Å². The maximum atomic E-state index is 4.12. The molecule has 1 aromatic heterocycles. The monoisotopic (exact) mass is 299 g/mol. The molecule has 0 amide bonds. The molecule has 22 heavy (non-hydrogen) atoms. The van der Waals surface area contributed by atoms with Crippen LogP contribution in [0, 0.1) is 0 Å². The number of rotatable bonds is 2. The molecule has 0 bridgehead atoms. The lowest BCUT2D eigenvalue weighted by atomic mass is 10.00. The van der Waals surface area contributed by atoms with Crippen LogP contribution in [0.2, 0.25) is 0 Å². The van der Waals surface area contributed by atoms with Crippen LogP contribution in [0.25, 0.3) is 5.70 Å². The number of allylic oxidation sites excluding steroid dienone is 2. The van der Waals surface area contributed by atoms with Crippen LogP contribution in [0.5, 0.6) is 0 Å². The summed E-state index contributed by atoms with van der Waals surface area (Å²) >= 11 is 0. The van der Waals surface area contributed by atoms with Crippen LogP contribution < -0.4 is 10.7 Å². The normalized spacial score (nSPS) is 23.0. The molecule has 2 aliphatic heterocycles. The van der Waals surface area contributed by atoms with Crippen LogP contribution in [0.3, 0.4) is 0 Å². The summed E-state index contributed by atoms with van der Waals surface area (Å²) in [6.45, 7) is 9.75. The Hall–Kier alpha value is -2.01. The van der Waals surface area contributed by atoms with E-state index >= 15 is 0 Å². The molecule has 2 aliphatic rings. The van der Waals surface area contributed by atoms with Crippen molar-refractivity contribution in [3.8, 4) is 0 Å². The molecule has 2 N–H and O–H groups in total. The Balaban J connectivity index is 1.97. The second kappa shape index (κ2) is 6.01. The molecule has 0 aliphatic carbocycles. The second-order valence-electron chi connectivity index (χ2n) is 6.16. The topological polar surface area (TPSA) is 43.4 Å². The first kappa shape index (κ1) is 14.9. The predicted octanol–water partition coefficient (Wildman–Crippen LogP) is 1.79. The molecule has 0 spiro atoms. The maximum absolute atomic E-state index is 4.12. The number of hydrogen-bond acceptors (Lipinski definition) is 5. The van der Waals surface area contributed by atoms with E-state index in [2.05, 4.69) is 65.6 Å². The third-order valence-electron chi connectivity index (χ3n) is 4.52. The van der Waals surface area contributed by atoms with Gasteiger partial charge in [0.05, 0.1) is 5.70 Å². The Kier molecular flexibility index (Phi) is 4.07. The average molecular weight is 299 g/mol. The summed E-state index contributed by atoms with van der Waals surface area (Å²) in [4.78, 5) is 6.56. The van der Waals surface area contributed by atoms with E-state index < -0.39 is 0 Å². The van der Waals surface area contributed by atoms with E-state index in [4.69, 9.17) is 0 Å². The molecular weight excluding hydrogens is 274 g/mol. The van der Waals surface area contributed by atoms with E-state index in [-0.39, 0.29) is 0 Å². The molecule has 0 saturated carbocycles. The molecule has 3 rings (SSSR count). The van der Waals surface area contributed by atoms with E-state index in [1.54, 1.807) is 0 Å². The number of hydrogen-bond donors (Lipinski definition) is 2. The van der Waals surface area contributed by atoms with E-state index in [1.807, 2.05) is 12.4 Å². The van der Waals surface area contributed by atoms with Gasteiger partial charge in [0.1, 0.15) is 5.82 Å². The van der Waals surface area contributed by atoms with Gasteiger partial charge in [-0.3, -0.25) is 15.4 Å². The minimum atomic E-state index is 0.520. The average Bonchev–Trinajstić information content (AvgIpc) is 2.52. The molecule has 0 radical (unpaired) electrons. The lowest BCUT2D eigenvalue weighted by molar-refractivity contribution is 0.205. The fourth-order valence-electron chi connectivity index (χ4n) is 3.27. The summed E-state index contributed by atoms with van der Waals surface area (Å²) < 4.78 is 0. The summed E-state index contributed by atoms with van der Waals surface area (Å²) in [6, 6.07) is 4.64. The molecule has 1 saturated heterocycles. The van der Waals surface area contributed by atoms with Gasteiger partial charge in [-0.2, -0.15) is 0 Å². The van der Waals surface area contributed by atoms with E-state index in [0.717, 1.165) is 19.6 Å². The van der Waals surface area contributed by atoms with Crippen LogP contribution >= 0.6 is 0 Å². The number of aromatic nitrogens is 1. The van der Waals surface area contributed by atoms with E-state index in [9.17, 15) is 0 Å². The fraction of sp³-hybridized carbons (Fsp3) is 0.471.